The Morgan fingerprint density at radius 3 is 2.57 bits per heavy atom. The number of rotatable bonds is 4. The van der Waals surface area contributed by atoms with E-state index in [-0.39, 0.29) is 0 Å². The van der Waals surface area contributed by atoms with Gasteiger partial charge in [0, 0.05) is 11.0 Å². The van der Waals surface area contributed by atoms with Gasteiger partial charge in [0.15, 0.2) is 0 Å². The maximum Gasteiger partial charge on any atom is 0.241 e. The van der Waals surface area contributed by atoms with E-state index < -0.39 is 5.91 Å². The highest BCUT2D eigenvalue weighted by Gasteiger charge is 1.92. The average molecular weight is 209 g/mol. The monoisotopic (exact) mass is 209 g/mol. The molecule has 4 heteroatoms. The van der Waals surface area contributed by atoms with Gasteiger partial charge in [0.05, 0.1) is 7.11 Å². The van der Waals surface area contributed by atoms with E-state index in [0.29, 0.717) is 0 Å². The Hall–Kier alpha value is -1.42. The minimum absolute atomic E-state index is 0.439. The Bertz CT molecular complexity index is 332. The molecule has 1 aromatic rings. The summed E-state index contributed by atoms with van der Waals surface area (Å²) in [5.41, 5.74) is 4.94. The Morgan fingerprint density at radius 2 is 2.07 bits per heavy atom. The van der Waals surface area contributed by atoms with Crippen LogP contribution >= 0.6 is 11.8 Å². The number of nitrogens with two attached hydrogens (primary N) is 1. The van der Waals surface area contributed by atoms with E-state index in [4.69, 9.17) is 10.5 Å². The maximum atomic E-state index is 10.4. The van der Waals surface area contributed by atoms with Gasteiger partial charge in [-0.05, 0) is 29.7 Å². The number of primary amides is 1. The zero-order valence-electron chi connectivity index (χ0n) is 7.77. The minimum Gasteiger partial charge on any atom is -0.497 e. The van der Waals surface area contributed by atoms with Crippen LogP contribution < -0.4 is 10.5 Å². The quantitative estimate of drug-likeness (QED) is 0.607. The molecule has 0 aliphatic heterocycles. The number of benzene rings is 1. The van der Waals surface area contributed by atoms with E-state index in [1.54, 1.807) is 12.5 Å². The van der Waals surface area contributed by atoms with Crippen LogP contribution in [0.2, 0.25) is 0 Å². The van der Waals surface area contributed by atoms with Crippen molar-refractivity contribution in [1.29, 1.82) is 0 Å². The van der Waals surface area contributed by atoms with E-state index in [1.165, 1.54) is 17.8 Å². The molecule has 0 aliphatic carbocycles. The molecule has 74 valence electrons. The van der Waals surface area contributed by atoms with Crippen molar-refractivity contribution in [3.63, 3.8) is 0 Å². The Morgan fingerprint density at radius 1 is 1.43 bits per heavy atom. The molecule has 0 aliphatic rings. The van der Waals surface area contributed by atoms with Gasteiger partial charge >= 0.3 is 0 Å². The summed E-state index contributed by atoms with van der Waals surface area (Å²) >= 11 is 1.43. The molecule has 0 aromatic heterocycles. The predicted octanol–water partition coefficient (Wildman–Crippen LogP) is 1.79. The van der Waals surface area contributed by atoms with Crippen molar-refractivity contribution in [1.82, 2.24) is 0 Å². The van der Waals surface area contributed by atoms with Crippen LogP contribution in [-0.4, -0.2) is 13.0 Å². The Labute approximate surface area is 86.9 Å². The number of hydrogen-bond acceptors (Lipinski definition) is 3. The van der Waals surface area contributed by atoms with Gasteiger partial charge in [-0.25, -0.2) is 0 Å². The summed E-state index contributed by atoms with van der Waals surface area (Å²) < 4.78 is 5.01. The highest BCUT2D eigenvalue weighted by atomic mass is 32.2. The van der Waals surface area contributed by atoms with Gasteiger partial charge in [-0.2, -0.15) is 0 Å². The lowest BCUT2D eigenvalue weighted by Gasteiger charge is -1.99. The van der Waals surface area contributed by atoms with E-state index in [0.717, 1.165) is 10.6 Å². The summed E-state index contributed by atoms with van der Waals surface area (Å²) in [4.78, 5) is 11.4. The SMILES string of the molecule is COc1ccc(SC=CC(N)=O)cc1. The number of hydrogen-bond donors (Lipinski definition) is 1. The maximum absolute atomic E-state index is 10.4. The molecule has 14 heavy (non-hydrogen) atoms. The van der Waals surface area contributed by atoms with Crippen LogP contribution in [0.15, 0.2) is 40.6 Å². The predicted molar refractivity (Wildman–Crippen MR) is 57.2 cm³/mol. The molecule has 0 heterocycles. The molecule has 2 N–H and O–H groups in total. The number of carbonyl (C=O) groups is 1. The molecule has 1 amide bonds. The summed E-state index contributed by atoms with van der Waals surface area (Å²) in [6.07, 6.45) is 1.33. The number of methoxy groups -OCH3 is 1. The average Bonchev–Trinajstić information content (AvgIpc) is 2.18. The van der Waals surface area contributed by atoms with Crippen LogP contribution in [0.25, 0.3) is 0 Å². The van der Waals surface area contributed by atoms with Crippen LogP contribution in [0, 0.1) is 0 Å². The van der Waals surface area contributed by atoms with Crippen molar-refractivity contribution < 1.29 is 9.53 Å². The summed E-state index contributed by atoms with van der Waals surface area (Å²) in [7, 11) is 1.62. The molecule has 0 atom stereocenters. The number of thioether (sulfide) groups is 1. The molecular formula is C10H11NO2S. The van der Waals surface area contributed by atoms with Crippen molar-refractivity contribution >= 4 is 17.7 Å². The van der Waals surface area contributed by atoms with Gasteiger partial charge in [-0.3, -0.25) is 4.79 Å². The summed E-state index contributed by atoms with van der Waals surface area (Å²) in [5, 5.41) is 1.66. The normalized spacial score (nSPS) is 10.4. The second-order valence-corrected chi connectivity index (χ2v) is 3.48. The fourth-order valence-corrected chi connectivity index (χ4v) is 1.49. The van der Waals surface area contributed by atoms with Gasteiger partial charge in [0.2, 0.25) is 5.91 Å². The third-order valence-corrected chi connectivity index (χ3v) is 2.31. The van der Waals surface area contributed by atoms with Crippen LogP contribution in [-0.2, 0) is 4.79 Å². The van der Waals surface area contributed by atoms with E-state index in [1.807, 2.05) is 24.3 Å². The molecule has 0 unspecified atom stereocenters. The molecule has 0 bridgehead atoms. The molecule has 0 saturated heterocycles. The van der Waals surface area contributed by atoms with Crippen molar-refractivity contribution in [2.45, 2.75) is 4.90 Å². The Kier molecular flexibility index (Phi) is 4.07. The topological polar surface area (TPSA) is 52.3 Å². The van der Waals surface area contributed by atoms with Crippen LogP contribution in [0.5, 0.6) is 5.75 Å². The lowest BCUT2D eigenvalue weighted by molar-refractivity contribution is -0.113. The van der Waals surface area contributed by atoms with Gasteiger partial charge in [0.1, 0.15) is 5.75 Å². The molecule has 1 aromatic carbocycles. The first-order valence-corrected chi connectivity index (χ1v) is 4.87. The Balaban J connectivity index is 2.56. The lowest BCUT2D eigenvalue weighted by atomic mass is 10.3. The van der Waals surface area contributed by atoms with E-state index in [2.05, 4.69) is 0 Å². The fraction of sp³-hybridized carbons (Fsp3) is 0.100. The fourth-order valence-electron chi connectivity index (χ4n) is 0.834. The first-order chi connectivity index (χ1) is 6.72. The molecule has 3 nitrogen and oxygen atoms in total. The highest BCUT2D eigenvalue weighted by Crippen LogP contribution is 2.21. The van der Waals surface area contributed by atoms with Crippen LogP contribution in [0.3, 0.4) is 0 Å². The standard InChI is InChI=1S/C10H11NO2S/c1-13-8-2-4-9(5-3-8)14-7-6-10(11)12/h2-7H,1H3,(H2,11,12). The molecule has 0 spiro atoms. The summed E-state index contributed by atoms with van der Waals surface area (Å²) in [5.74, 6) is 0.374. The summed E-state index contributed by atoms with van der Waals surface area (Å²) in [6.45, 7) is 0. The summed E-state index contributed by atoms with van der Waals surface area (Å²) in [6, 6.07) is 7.55. The third kappa shape index (κ3) is 3.53. The minimum atomic E-state index is -0.439. The zero-order chi connectivity index (χ0) is 10.4. The van der Waals surface area contributed by atoms with Crippen molar-refractivity contribution in [2.75, 3.05) is 7.11 Å². The van der Waals surface area contributed by atoms with Crippen LogP contribution in [0.1, 0.15) is 0 Å². The zero-order valence-corrected chi connectivity index (χ0v) is 8.58. The highest BCUT2D eigenvalue weighted by molar-refractivity contribution is 8.02. The van der Waals surface area contributed by atoms with Crippen LogP contribution in [0.4, 0.5) is 0 Å². The molecule has 1 rings (SSSR count). The number of carbonyl (C=O) groups excluding carboxylic acids is 1. The number of amides is 1. The number of ether oxygens (including phenoxy) is 1. The van der Waals surface area contributed by atoms with E-state index >= 15 is 0 Å². The molecule has 0 saturated carbocycles. The van der Waals surface area contributed by atoms with Gasteiger partial charge < -0.3 is 10.5 Å². The van der Waals surface area contributed by atoms with Crippen molar-refractivity contribution in [2.24, 2.45) is 5.73 Å². The van der Waals surface area contributed by atoms with Gasteiger partial charge in [-0.1, -0.05) is 11.8 Å². The second kappa shape index (κ2) is 5.34. The van der Waals surface area contributed by atoms with Crippen molar-refractivity contribution in [3.8, 4) is 5.75 Å². The van der Waals surface area contributed by atoms with Gasteiger partial charge in [0.25, 0.3) is 0 Å². The smallest absolute Gasteiger partial charge is 0.241 e. The molecular weight excluding hydrogens is 198 g/mol. The van der Waals surface area contributed by atoms with E-state index in [9.17, 15) is 4.79 Å². The third-order valence-electron chi connectivity index (χ3n) is 1.50. The molecule has 0 radical (unpaired) electrons. The largest absolute Gasteiger partial charge is 0.497 e. The second-order valence-electron chi connectivity index (χ2n) is 2.50. The van der Waals surface area contributed by atoms with Gasteiger partial charge in [-0.15, -0.1) is 0 Å². The molecule has 0 fully saturated rings. The first kappa shape index (κ1) is 10.7. The first-order valence-electron chi connectivity index (χ1n) is 3.99. The lowest BCUT2D eigenvalue weighted by Crippen LogP contribution is -2.04. The van der Waals surface area contributed by atoms with Crippen molar-refractivity contribution in [3.05, 3.63) is 35.7 Å².